The number of nitrogens with zero attached hydrogens (tertiary/aromatic N) is 1. The van der Waals surface area contributed by atoms with Crippen molar-refractivity contribution in [3.05, 3.63) is 0 Å². The van der Waals surface area contributed by atoms with Gasteiger partial charge in [0.15, 0.2) is 0 Å². The Kier molecular flexibility index (Phi) is 5.08. The van der Waals surface area contributed by atoms with Crippen LogP contribution in [0.15, 0.2) is 0 Å². The zero-order valence-electron chi connectivity index (χ0n) is 9.39. The third-order valence-electron chi connectivity index (χ3n) is 2.53. The molecule has 0 heterocycles. The molecule has 0 radical (unpaired) electrons. The minimum atomic E-state index is -0.975. The molecular formula is C10H18N2O3S. The van der Waals surface area contributed by atoms with Crippen LogP contribution in [0.25, 0.3) is 0 Å². The maximum atomic E-state index is 11.9. The first-order valence-electron chi connectivity index (χ1n) is 5.33. The molecule has 1 rings (SSSR count). The van der Waals surface area contributed by atoms with E-state index in [2.05, 4.69) is 0 Å². The van der Waals surface area contributed by atoms with E-state index in [9.17, 15) is 9.59 Å². The van der Waals surface area contributed by atoms with E-state index in [4.69, 9.17) is 10.8 Å². The van der Waals surface area contributed by atoms with Crippen molar-refractivity contribution in [1.82, 2.24) is 4.90 Å². The van der Waals surface area contributed by atoms with Gasteiger partial charge in [0.25, 0.3) is 0 Å². The molecule has 1 amide bonds. The van der Waals surface area contributed by atoms with Crippen molar-refractivity contribution in [1.29, 1.82) is 0 Å². The molecule has 1 saturated carbocycles. The van der Waals surface area contributed by atoms with Crippen molar-refractivity contribution >= 4 is 23.6 Å². The van der Waals surface area contributed by atoms with E-state index >= 15 is 0 Å². The average Bonchev–Trinajstić information content (AvgIpc) is 3.05. The molecule has 5 nitrogen and oxygen atoms in total. The monoisotopic (exact) mass is 246 g/mol. The summed E-state index contributed by atoms with van der Waals surface area (Å²) >= 11 is 1.63. The second-order valence-corrected chi connectivity index (χ2v) is 4.96. The molecule has 0 saturated heterocycles. The third kappa shape index (κ3) is 4.02. The molecule has 3 N–H and O–H groups in total. The van der Waals surface area contributed by atoms with Gasteiger partial charge in [0.1, 0.15) is 6.54 Å². The number of hydrogen-bond donors (Lipinski definition) is 2. The van der Waals surface area contributed by atoms with E-state index in [0.717, 1.165) is 18.6 Å². The molecule has 0 spiro atoms. The molecule has 1 aliphatic carbocycles. The van der Waals surface area contributed by atoms with Gasteiger partial charge in [-0.3, -0.25) is 9.59 Å². The zero-order valence-corrected chi connectivity index (χ0v) is 10.2. The summed E-state index contributed by atoms with van der Waals surface area (Å²) in [6.45, 7) is -0.226. The molecule has 1 aliphatic rings. The third-order valence-corrected chi connectivity index (χ3v) is 3.17. The summed E-state index contributed by atoms with van der Waals surface area (Å²) in [7, 11) is 0. The molecule has 1 atom stereocenters. The molecule has 0 bridgehead atoms. The van der Waals surface area contributed by atoms with Crippen molar-refractivity contribution < 1.29 is 14.7 Å². The Balaban J connectivity index is 2.49. The van der Waals surface area contributed by atoms with Gasteiger partial charge < -0.3 is 15.7 Å². The Morgan fingerprint density at radius 1 is 1.56 bits per heavy atom. The molecule has 0 aromatic carbocycles. The largest absolute Gasteiger partial charge is 0.480 e. The van der Waals surface area contributed by atoms with Crippen molar-refractivity contribution in [2.45, 2.75) is 31.3 Å². The van der Waals surface area contributed by atoms with Crippen LogP contribution >= 0.6 is 11.8 Å². The highest BCUT2D eigenvalue weighted by molar-refractivity contribution is 7.98. The summed E-state index contributed by atoms with van der Waals surface area (Å²) in [5.74, 6) is -0.380. The first-order chi connectivity index (χ1) is 7.56. The minimum absolute atomic E-state index is 0.101. The van der Waals surface area contributed by atoms with Crippen molar-refractivity contribution in [3.8, 4) is 0 Å². The van der Waals surface area contributed by atoms with Crippen LogP contribution in [0.5, 0.6) is 0 Å². The second-order valence-electron chi connectivity index (χ2n) is 3.98. The Morgan fingerprint density at radius 3 is 2.62 bits per heavy atom. The lowest BCUT2D eigenvalue weighted by atomic mass is 10.2. The summed E-state index contributed by atoms with van der Waals surface area (Å²) in [5.41, 5.74) is 5.75. The number of amides is 1. The number of carbonyl (C=O) groups is 2. The number of hydrogen-bond acceptors (Lipinski definition) is 4. The number of nitrogens with two attached hydrogens (primary N) is 1. The standard InChI is InChI=1S/C10H18N2O3S/c1-16-5-4-8(11)10(15)12(6-9(13)14)7-2-3-7/h7-8H,2-6,11H2,1H3,(H,13,14)/t8-/m0/s1. The fraction of sp³-hybridized carbons (Fsp3) is 0.800. The predicted octanol–water partition coefficient (Wildman–Crippen LogP) is 0.142. The SMILES string of the molecule is CSCC[C@H](N)C(=O)N(CC(=O)O)C1CC1. The van der Waals surface area contributed by atoms with Gasteiger partial charge in [-0.05, 0) is 31.3 Å². The zero-order chi connectivity index (χ0) is 12.1. The highest BCUT2D eigenvalue weighted by Gasteiger charge is 2.35. The van der Waals surface area contributed by atoms with Crippen molar-refractivity contribution in [2.75, 3.05) is 18.6 Å². The van der Waals surface area contributed by atoms with E-state index in [0.29, 0.717) is 6.42 Å². The van der Waals surface area contributed by atoms with E-state index in [-0.39, 0.29) is 18.5 Å². The number of carboxylic acid groups (broad SMARTS) is 1. The molecule has 16 heavy (non-hydrogen) atoms. The molecule has 0 aromatic heterocycles. The first kappa shape index (κ1) is 13.3. The molecule has 6 heteroatoms. The lowest BCUT2D eigenvalue weighted by molar-refractivity contribution is -0.145. The first-order valence-corrected chi connectivity index (χ1v) is 6.72. The lowest BCUT2D eigenvalue weighted by Gasteiger charge is -2.23. The fourth-order valence-electron chi connectivity index (χ4n) is 1.50. The fourth-order valence-corrected chi connectivity index (χ4v) is 1.99. The van der Waals surface area contributed by atoms with Gasteiger partial charge in [0, 0.05) is 6.04 Å². The quantitative estimate of drug-likeness (QED) is 0.667. The number of carboxylic acids is 1. The molecule has 92 valence electrons. The molecule has 0 unspecified atom stereocenters. The summed E-state index contributed by atoms with van der Waals surface area (Å²) in [5, 5.41) is 8.73. The van der Waals surface area contributed by atoms with Gasteiger partial charge in [-0.2, -0.15) is 11.8 Å². The van der Waals surface area contributed by atoms with Crippen LogP contribution in [0, 0.1) is 0 Å². The van der Waals surface area contributed by atoms with Gasteiger partial charge in [0.2, 0.25) is 5.91 Å². The van der Waals surface area contributed by atoms with E-state index in [1.807, 2.05) is 6.26 Å². The van der Waals surface area contributed by atoms with E-state index < -0.39 is 12.0 Å². The van der Waals surface area contributed by atoms with Crippen LogP contribution in [-0.4, -0.2) is 52.5 Å². The van der Waals surface area contributed by atoms with Gasteiger partial charge >= 0.3 is 5.97 Å². The van der Waals surface area contributed by atoms with E-state index in [1.54, 1.807) is 11.8 Å². The maximum Gasteiger partial charge on any atom is 0.323 e. The Labute approximate surface area is 99.4 Å². The smallest absolute Gasteiger partial charge is 0.323 e. The van der Waals surface area contributed by atoms with Crippen LogP contribution in [0.1, 0.15) is 19.3 Å². The Hall–Kier alpha value is -0.750. The molecule has 0 aliphatic heterocycles. The number of rotatable bonds is 7. The number of carbonyl (C=O) groups excluding carboxylic acids is 1. The van der Waals surface area contributed by atoms with Gasteiger partial charge in [-0.1, -0.05) is 0 Å². The van der Waals surface area contributed by atoms with Gasteiger partial charge in [-0.15, -0.1) is 0 Å². The van der Waals surface area contributed by atoms with Gasteiger partial charge in [-0.25, -0.2) is 0 Å². The lowest BCUT2D eigenvalue weighted by Crippen LogP contribution is -2.47. The summed E-state index contributed by atoms with van der Waals surface area (Å²) in [6, 6.07) is -0.462. The molecule has 0 aromatic rings. The summed E-state index contributed by atoms with van der Waals surface area (Å²) in [4.78, 5) is 23.9. The Bertz CT molecular complexity index is 269. The maximum absolute atomic E-state index is 11.9. The van der Waals surface area contributed by atoms with Crippen LogP contribution < -0.4 is 5.73 Å². The highest BCUT2D eigenvalue weighted by atomic mass is 32.2. The highest BCUT2D eigenvalue weighted by Crippen LogP contribution is 2.27. The molecular weight excluding hydrogens is 228 g/mol. The van der Waals surface area contributed by atoms with Crippen molar-refractivity contribution in [3.63, 3.8) is 0 Å². The normalized spacial score (nSPS) is 16.9. The summed E-state index contributed by atoms with van der Waals surface area (Å²) < 4.78 is 0. The predicted molar refractivity (Wildman–Crippen MR) is 63.3 cm³/mol. The van der Waals surface area contributed by atoms with Crippen LogP contribution in [-0.2, 0) is 9.59 Å². The van der Waals surface area contributed by atoms with Crippen LogP contribution in [0.3, 0.4) is 0 Å². The Morgan fingerprint density at radius 2 is 2.19 bits per heavy atom. The van der Waals surface area contributed by atoms with E-state index in [1.165, 1.54) is 4.90 Å². The number of thioether (sulfide) groups is 1. The molecule has 1 fully saturated rings. The van der Waals surface area contributed by atoms with Crippen LogP contribution in [0.4, 0.5) is 0 Å². The van der Waals surface area contributed by atoms with Crippen LogP contribution in [0.2, 0.25) is 0 Å². The van der Waals surface area contributed by atoms with Crippen molar-refractivity contribution in [2.24, 2.45) is 5.73 Å². The minimum Gasteiger partial charge on any atom is -0.480 e. The topological polar surface area (TPSA) is 83.6 Å². The second kappa shape index (κ2) is 6.10. The summed E-state index contributed by atoms with van der Waals surface area (Å²) in [6.07, 6.45) is 4.35. The average molecular weight is 246 g/mol. The van der Waals surface area contributed by atoms with Gasteiger partial charge in [0.05, 0.1) is 6.04 Å². The number of aliphatic carboxylic acids is 1.